The molecule has 0 saturated heterocycles. The van der Waals surface area contributed by atoms with E-state index < -0.39 is 27.9 Å². The first-order valence-corrected chi connectivity index (χ1v) is 8.77. The van der Waals surface area contributed by atoms with E-state index in [0.29, 0.717) is 11.4 Å². The van der Waals surface area contributed by atoms with Crippen molar-refractivity contribution in [3.05, 3.63) is 46.8 Å². The molecule has 0 radical (unpaired) electrons. The summed E-state index contributed by atoms with van der Waals surface area (Å²) in [6.45, 7) is 2.77. The number of nitrogens with zero attached hydrogens (tertiary/aromatic N) is 2. The van der Waals surface area contributed by atoms with Gasteiger partial charge < -0.3 is 5.11 Å². The Hall–Kier alpha value is -1.91. The number of aryl methyl sites for hydroxylation is 2. The Kier molecular flexibility index (Phi) is 5.26. The number of halogens is 3. The molecule has 0 aliphatic heterocycles. The molecule has 1 aromatic heterocycles. The van der Waals surface area contributed by atoms with Crippen molar-refractivity contribution in [2.24, 2.45) is 7.05 Å². The lowest BCUT2D eigenvalue weighted by molar-refractivity contribution is -0.137. The maximum Gasteiger partial charge on any atom is 0.416 e. The third-order valence-electron chi connectivity index (χ3n) is 3.80. The number of benzene rings is 1. The van der Waals surface area contributed by atoms with Gasteiger partial charge in [-0.15, -0.1) is 0 Å². The molecule has 1 heterocycles. The van der Waals surface area contributed by atoms with Gasteiger partial charge in [-0.3, -0.25) is 4.68 Å². The fourth-order valence-electron chi connectivity index (χ4n) is 2.42. The number of rotatable bonds is 5. The van der Waals surface area contributed by atoms with Crippen LogP contribution in [0.15, 0.2) is 29.2 Å². The molecule has 0 amide bonds. The van der Waals surface area contributed by atoms with Gasteiger partial charge in [0.05, 0.1) is 23.1 Å². The lowest BCUT2D eigenvalue weighted by atomic mass is 10.1. The molecule has 2 N–H and O–H groups in total. The van der Waals surface area contributed by atoms with Gasteiger partial charge in [0.15, 0.2) is 0 Å². The van der Waals surface area contributed by atoms with Crippen LogP contribution in [0, 0.1) is 13.8 Å². The monoisotopic (exact) mass is 377 g/mol. The molecule has 0 bridgehead atoms. The van der Waals surface area contributed by atoms with Gasteiger partial charge in [0.25, 0.3) is 0 Å². The van der Waals surface area contributed by atoms with E-state index in [1.165, 1.54) is 4.68 Å². The average Bonchev–Trinajstić information content (AvgIpc) is 2.77. The first-order valence-electron chi connectivity index (χ1n) is 7.28. The van der Waals surface area contributed by atoms with Crippen molar-refractivity contribution >= 4 is 10.0 Å². The second-order valence-electron chi connectivity index (χ2n) is 5.61. The molecule has 0 fully saturated rings. The van der Waals surface area contributed by atoms with Crippen molar-refractivity contribution in [2.45, 2.75) is 31.0 Å². The molecule has 0 aliphatic carbocycles. The molecule has 138 valence electrons. The highest BCUT2D eigenvalue weighted by molar-refractivity contribution is 7.89. The maximum atomic E-state index is 12.5. The van der Waals surface area contributed by atoms with Crippen LogP contribution in [0.4, 0.5) is 13.2 Å². The van der Waals surface area contributed by atoms with Crippen LogP contribution in [0.1, 0.15) is 28.6 Å². The summed E-state index contributed by atoms with van der Waals surface area (Å²) in [6.07, 6.45) is -5.75. The van der Waals surface area contributed by atoms with Crippen LogP contribution in [-0.2, 0) is 23.2 Å². The predicted molar refractivity (Wildman–Crippen MR) is 84.3 cm³/mol. The number of hydrogen-bond acceptors (Lipinski definition) is 4. The number of sulfonamides is 1. The van der Waals surface area contributed by atoms with Gasteiger partial charge in [0.2, 0.25) is 10.0 Å². The Morgan fingerprint density at radius 2 is 1.80 bits per heavy atom. The molecule has 0 aliphatic rings. The van der Waals surface area contributed by atoms with Crippen molar-refractivity contribution in [1.29, 1.82) is 0 Å². The zero-order valence-electron chi connectivity index (χ0n) is 13.8. The standard InChI is InChI=1S/C15H18F3N3O3S/c1-9-14(10(2)21(3)20-9)25(23,24)19-8-13(22)11-4-6-12(7-5-11)15(16,17)18/h4-7,13,19,22H,8H2,1-3H3. The smallest absolute Gasteiger partial charge is 0.387 e. The van der Waals surface area contributed by atoms with Gasteiger partial charge in [-0.2, -0.15) is 18.3 Å². The van der Waals surface area contributed by atoms with Crippen LogP contribution in [0.2, 0.25) is 0 Å². The minimum atomic E-state index is -4.47. The quantitative estimate of drug-likeness (QED) is 0.836. The summed E-state index contributed by atoms with van der Waals surface area (Å²) in [7, 11) is -2.30. The molecule has 2 aromatic rings. The zero-order valence-corrected chi connectivity index (χ0v) is 14.6. The summed E-state index contributed by atoms with van der Waals surface area (Å²) in [6, 6.07) is 3.90. The Balaban J connectivity index is 2.12. The van der Waals surface area contributed by atoms with E-state index in [1.807, 2.05) is 0 Å². The normalized spacial score (nSPS) is 13.9. The van der Waals surface area contributed by atoms with Crippen LogP contribution < -0.4 is 4.72 Å². The predicted octanol–water partition coefficient (Wildman–Crippen LogP) is 2.07. The number of aliphatic hydroxyl groups excluding tert-OH is 1. The summed E-state index contributed by atoms with van der Waals surface area (Å²) in [5, 5.41) is 14.1. The minimum Gasteiger partial charge on any atom is -0.387 e. The Morgan fingerprint density at radius 1 is 1.24 bits per heavy atom. The van der Waals surface area contributed by atoms with Crippen molar-refractivity contribution in [3.8, 4) is 0 Å². The molecule has 25 heavy (non-hydrogen) atoms. The van der Waals surface area contributed by atoms with Gasteiger partial charge in [-0.05, 0) is 31.5 Å². The second kappa shape index (κ2) is 6.77. The van der Waals surface area contributed by atoms with E-state index in [0.717, 1.165) is 24.3 Å². The highest BCUT2D eigenvalue weighted by atomic mass is 32.2. The highest BCUT2D eigenvalue weighted by Crippen LogP contribution is 2.30. The molecule has 1 unspecified atom stereocenters. The van der Waals surface area contributed by atoms with E-state index in [1.54, 1.807) is 20.9 Å². The summed E-state index contributed by atoms with van der Waals surface area (Å²) >= 11 is 0. The van der Waals surface area contributed by atoms with Crippen LogP contribution in [0.5, 0.6) is 0 Å². The van der Waals surface area contributed by atoms with Gasteiger partial charge in [-0.25, -0.2) is 13.1 Å². The molecule has 6 nitrogen and oxygen atoms in total. The Morgan fingerprint density at radius 3 is 2.24 bits per heavy atom. The van der Waals surface area contributed by atoms with Gasteiger partial charge >= 0.3 is 6.18 Å². The molecule has 10 heteroatoms. The lowest BCUT2D eigenvalue weighted by Gasteiger charge is -2.14. The van der Waals surface area contributed by atoms with Crippen LogP contribution in [-0.4, -0.2) is 29.8 Å². The summed E-state index contributed by atoms with van der Waals surface area (Å²) in [4.78, 5) is 0.0228. The van der Waals surface area contributed by atoms with E-state index in [2.05, 4.69) is 9.82 Å². The molecule has 2 rings (SSSR count). The number of nitrogens with one attached hydrogen (secondary N) is 1. The van der Waals surface area contributed by atoms with Crippen molar-refractivity contribution in [3.63, 3.8) is 0 Å². The van der Waals surface area contributed by atoms with Crippen molar-refractivity contribution in [1.82, 2.24) is 14.5 Å². The third kappa shape index (κ3) is 4.20. The summed E-state index contributed by atoms with van der Waals surface area (Å²) in [5.41, 5.74) is 0.0894. The number of aliphatic hydroxyl groups is 1. The summed E-state index contributed by atoms with van der Waals surface area (Å²) < 4.78 is 66.0. The molecular weight excluding hydrogens is 359 g/mol. The van der Waals surface area contributed by atoms with Gasteiger partial charge in [0.1, 0.15) is 4.90 Å². The van der Waals surface area contributed by atoms with Crippen molar-refractivity contribution in [2.75, 3.05) is 6.54 Å². The van der Waals surface area contributed by atoms with Crippen LogP contribution >= 0.6 is 0 Å². The third-order valence-corrected chi connectivity index (χ3v) is 5.48. The van der Waals surface area contributed by atoms with E-state index in [4.69, 9.17) is 0 Å². The first kappa shape index (κ1) is 19.4. The number of hydrogen-bond donors (Lipinski definition) is 2. The van der Waals surface area contributed by atoms with E-state index in [9.17, 15) is 26.7 Å². The maximum absolute atomic E-state index is 12.5. The molecule has 0 spiro atoms. The van der Waals surface area contributed by atoms with Crippen LogP contribution in [0.25, 0.3) is 0 Å². The van der Waals surface area contributed by atoms with Gasteiger partial charge in [-0.1, -0.05) is 12.1 Å². The fraction of sp³-hybridized carbons (Fsp3) is 0.400. The molecule has 0 saturated carbocycles. The van der Waals surface area contributed by atoms with Crippen LogP contribution in [0.3, 0.4) is 0 Å². The van der Waals surface area contributed by atoms with E-state index in [-0.39, 0.29) is 17.0 Å². The largest absolute Gasteiger partial charge is 0.416 e. The fourth-order valence-corrected chi connectivity index (χ4v) is 3.89. The van der Waals surface area contributed by atoms with E-state index >= 15 is 0 Å². The topological polar surface area (TPSA) is 84.2 Å². The highest BCUT2D eigenvalue weighted by Gasteiger charge is 2.30. The number of aromatic nitrogens is 2. The minimum absolute atomic E-state index is 0.0228. The Bertz CT molecular complexity index is 859. The van der Waals surface area contributed by atoms with Crippen molar-refractivity contribution < 1.29 is 26.7 Å². The summed E-state index contributed by atoms with van der Waals surface area (Å²) in [5.74, 6) is 0. The number of alkyl halides is 3. The molecule has 1 atom stereocenters. The molecular formula is C15H18F3N3O3S. The zero-order chi connectivity index (χ0) is 19.0. The Labute approximate surface area is 143 Å². The molecule has 1 aromatic carbocycles. The SMILES string of the molecule is Cc1nn(C)c(C)c1S(=O)(=O)NCC(O)c1ccc(C(F)(F)F)cc1. The first-order chi connectivity index (χ1) is 11.4. The van der Waals surface area contributed by atoms with Gasteiger partial charge in [0, 0.05) is 13.6 Å². The average molecular weight is 377 g/mol. The lowest BCUT2D eigenvalue weighted by Crippen LogP contribution is -2.29. The second-order valence-corrected chi connectivity index (χ2v) is 7.31.